The Morgan fingerprint density at radius 3 is 2.66 bits per heavy atom. The van der Waals surface area contributed by atoms with Crippen molar-refractivity contribution in [3.05, 3.63) is 53.3 Å². The van der Waals surface area contributed by atoms with E-state index in [1.807, 2.05) is 45.0 Å². The van der Waals surface area contributed by atoms with Gasteiger partial charge in [0.25, 0.3) is 5.91 Å². The second-order valence-corrected chi connectivity index (χ2v) is 7.31. The van der Waals surface area contributed by atoms with Gasteiger partial charge in [0.05, 0.1) is 6.61 Å². The summed E-state index contributed by atoms with van der Waals surface area (Å²) in [6, 6.07) is 9.80. The number of pyridine rings is 1. The van der Waals surface area contributed by atoms with Crippen LogP contribution in [0.4, 0.5) is 16.2 Å². The van der Waals surface area contributed by atoms with Gasteiger partial charge in [0.2, 0.25) is 0 Å². The Kier molecular flexibility index (Phi) is 6.69. The Morgan fingerprint density at radius 1 is 1.17 bits per heavy atom. The maximum absolute atomic E-state index is 12.6. The molecule has 0 saturated carbocycles. The highest BCUT2D eigenvalue weighted by Gasteiger charge is 2.23. The molecule has 0 radical (unpaired) electrons. The number of nitrogens with one attached hydrogen (secondary N) is 2. The first-order chi connectivity index (χ1) is 14.0. The fourth-order valence-electron chi connectivity index (χ4n) is 3.36. The third-order valence-corrected chi connectivity index (χ3v) is 5.03. The van der Waals surface area contributed by atoms with E-state index in [2.05, 4.69) is 15.6 Å². The third kappa shape index (κ3) is 5.47. The smallest absolute Gasteiger partial charge is 0.409 e. The zero-order chi connectivity index (χ0) is 20.8. The number of aromatic nitrogens is 1. The van der Waals surface area contributed by atoms with Gasteiger partial charge >= 0.3 is 6.09 Å². The lowest BCUT2D eigenvalue weighted by molar-refractivity contribution is 0.0981. The Morgan fingerprint density at radius 2 is 1.93 bits per heavy atom. The van der Waals surface area contributed by atoms with Crippen LogP contribution in [0.2, 0.25) is 0 Å². The molecule has 1 aromatic heterocycles. The molecule has 0 unspecified atom stereocenters. The number of anilines is 2. The molecular formula is C22H28N4O3. The van der Waals surface area contributed by atoms with Gasteiger partial charge in [-0.25, -0.2) is 4.79 Å². The molecule has 1 aromatic carbocycles. The van der Waals surface area contributed by atoms with E-state index >= 15 is 0 Å². The monoisotopic (exact) mass is 396 g/mol. The van der Waals surface area contributed by atoms with Gasteiger partial charge in [-0.3, -0.25) is 9.78 Å². The highest BCUT2D eigenvalue weighted by molar-refractivity contribution is 6.03. The first kappa shape index (κ1) is 20.6. The SMILES string of the molecule is CCOC(=O)N1CCC(Nc2ccnc(C(=O)Nc3cc(C)ccc3C)c2)CC1. The molecule has 1 aliphatic heterocycles. The van der Waals surface area contributed by atoms with Gasteiger partial charge in [0, 0.05) is 36.7 Å². The van der Waals surface area contributed by atoms with E-state index in [0.717, 1.165) is 35.3 Å². The van der Waals surface area contributed by atoms with Gasteiger partial charge in [-0.15, -0.1) is 0 Å². The minimum absolute atomic E-state index is 0.234. The van der Waals surface area contributed by atoms with E-state index in [0.29, 0.717) is 25.4 Å². The summed E-state index contributed by atoms with van der Waals surface area (Å²) in [6.45, 7) is 7.46. The lowest BCUT2D eigenvalue weighted by Gasteiger charge is -2.32. The van der Waals surface area contributed by atoms with Crippen molar-refractivity contribution in [3.8, 4) is 0 Å². The van der Waals surface area contributed by atoms with Crippen molar-refractivity contribution in [2.24, 2.45) is 0 Å². The molecule has 29 heavy (non-hydrogen) atoms. The largest absolute Gasteiger partial charge is 0.450 e. The second-order valence-electron chi connectivity index (χ2n) is 7.31. The molecule has 2 N–H and O–H groups in total. The zero-order valence-electron chi connectivity index (χ0n) is 17.2. The molecular weight excluding hydrogens is 368 g/mol. The number of carbonyl (C=O) groups is 2. The highest BCUT2D eigenvalue weighted by atomic mass is 16.6. The second kappa shape index (κ2) is 9.41. The summed E-state index contributed by atoms with van der Waals surface area (Å²) in [4.78, 5) is 30.4. The van der Waals surface area contributed by atoms with Gasteiger partial charge in [0.15, 0.2) is 0 Å². The van der Waals surface area contributed by atoms with Crippen molar-refractivity contribution in [2.75, 3.05) is 30.3 Å². The molecule has 2 amide bonds. The van der Waals surface area contributed by atoms with Gasteiger partial charge in [-0.1, -0.05) is 12.1 Å². The molecule has 0 atom stereocenters. The van der Waals surface area contributed by atoms with Crippen LogP contribution >= 0.6 is 0 Å². The summed E-state index contributed by atoms with van der Waals surface area (Å²) < 4.78 is 5.06. The van der Waals surface area contributed by atoms with E-state index < -0.39 is 0 Å². The van der Waals surface area contributed by atoms with E-state index in [1.165, 1.54) is 0 Å². The Balaban J connectivity index is 1.59. The molecule has 0 bridgehead atoms. The number of nitrogens with zero attached hydrogens (tertiary/aromatic N) is 2. The normalized spacial score (nSPS) is 14.4. The lowest BCUT2D eigenvalue weighted by atomic mass is 10.1. The molecule has 7 heteroatoms. The molecule has 154 valence electrons. The molecule has 2 heterocycles. The number of hydrogen-bond acceptors (Lipinski definition) is 5. The fourth-order valence-corrected chi connectivity index (χ4v) is 3.36. The molecule has 7 nitrogen and oxygen atoms in total. The summed E-state index contributed by atoms with van der Waals surface area (Å²) in [7, 11) is 0. The average Bonchev–Trinajstić information content (AvgIpc) is 2.71. The van der Waals surface area contributed by atoms with Gasteiger partial charge in [0.1, 0.15) is 5.69 Å². The van der Waals surface area contributed by atoms with Crippen LogP contribution in [0.5, 0.6) is 0 Å². The number of piperidine rings is 1. The first-order valence-corrected chi connectivity index (χ1v) is 9.99. The number of likely N-dealkylation sites (tertiary alicyclic amines) is 1. The van der Waals surface area contributed by atoms with Crippen LogP contribution in [0.25, 0.3) is 0 Å². The van der Waals surface area contributed by atoms with Crippen LogP contribution in [0.3, 0.4) is 0 Å². The molecule has 3 rings (SSSR count). The average molecular weight is 396 g/mol. The lowest BCUT2D eigenvalue weighted by Crippen LogP contribution is -2.42. The molecule has 0 spiro atoms. The summed E-state index contributed by atoms with van der Waals surface area (Å²) in [5, 5.41) is 6.39. The quantitative estimate of drug-likeness (QED) is 0.799. The number of benzene rings is 1. The predicted molar refractivity (Wildman–Crippen MR) is 113 cm³/mol. The van der Waals surface area contributed by atoms with Crippen LogP contribution in [0, 0.1) is 13.8 Å². The highest BCUT2D eigenvalue weighted by Crippen LogP contribution is 2.20. The van der Waals surface area contributed by atoms with Crippen LogP contribution in [0.1, 0.15) is 41.4 Å². The van der Waals surface area contributed by atoms with Crippen LogP contribution in [-0.4, -0.2) is 47.6 Å². The summed E-state index contributed by atoms with van der Waals surface area (Å²) in [5.74, 6) is -0.237. The molecule has 1 saturated heterocycles. The van der Waals surface area contributed by atoms with Gasteiger partial charge < -0.3 is 20.3 Å². The van der Waals surface area contributed by atoms with E-state index in [4.69, 9.17) is 4.74 Å². The van der Waals surface area contributed by atoms with Gasteiger partial charge in [-0.05, 0) is 62.9 Å². The van der Waals surface area contributed by atoms with Crippen molar-refractivity contribution >= 4 is 23.4 Å². The number of aryl methyl sites for hydroxylation is 2. The van der Waals surface area contributed by atoms with Crippen LogP contribution in [0.15, 0.2) is 36.5 Å². The van der Waals surface area contributed by atoms with Crippen molar-refractivity contribution < 1.29 is 14.3 Å². The zero-order valence-corrected chi connectivity index (χ0v) is 17.2. The maximum atomic E-state index is 12.6. The minimum Gasteiger partial charge on any atom is -0.450 e. The Labute approximate surface area is 171 Å². The van der Waals surface area contributed by atoms with Crippen molar-refractivity contribution in [3.63, 3.8) is 0 Å². The molecule has 1 aliphatic rings. The van der Waals surface area contributed by atoms with Crippen LogP contribution < -0.4 is 10.6 Å². The summed E-state index contributed by atoms with van der Waals surface area (Å²) >= 11 is 0. The maximum Gasteiger partial charge on any atom is 0.409 e. The summed E-state index contributed by atoms with van der Waals surface area (Å²) in [5.41, 5.74) is 4.09. The summed E-state index contributed by atoms with van der Waals surface area (Å²) in [6.07, 6.45) is 3.03. The fraction of sp³-hybridized carbons (Fsp3) is 0.409. The number of rotatable bonds is 5. The van der Waals surface area contributed by atoms with E-state index in [-0.39, 0.29) is 18.0 Å². The predicted octanol–water partition coefficient (Wildman–Crippen LogP) is 3.98. The topological polar surface area (TPSA) is 83.6 Å². The van der Waals surface area contributed by atoms with Crippen molar-refractivity contribution in [2.45, 2.75) is 39.7 Å². The first-order valence-electron chi connectivity index (χ1n) is 9.99. The van der Waals surface area contributed by atoms with E-state index in [9.17, 15) is 9.59 Å². The van der Waals surface area contributed by atoms with Crippen LogP contribution in [-0.2, 0) is 4.74 Å². The molecule has 2 aromatic rings. The number of carbonyl (C=O) groups excluding carboxylic acids is 2. The van der Waals surface area contributed by atoms with Crippen molar-refractivity contribution in [1.29, 1.82) is 0 Å². The number of amides is 2. The molecule has 0 aliphatic carbocycles. The standard InChI is InChI=1S/C22H28N4O3/c1-4-29-22(28)26-11-8-17(9-12-26)24-18-7-10-23-20(14-18)21(27)25-19-13-15(2)5-6-16(19)3/h5-7,10,13-14,17H,4,8-9,11-12H2,1-3H3,(H,23,24)(H,25,27). The van der Waals surface area contributed by atoms with Crippen molar-refractivity contribution in [1.82, 2.24) is 9.88 Å². The molecule has 1 fully saturated rings. The Hall–Kier alpha value is -3.09. The Bertz CT molecular complexity index is 876. The number of hydrogen-bond donors (Lipinski definition) is 2. The third-order valence-electron chi connectivity index (χ3n) is 5.03. The number of ether oxygens (including phenoxy) is 1. The van der Waals surface area contributed by atoms with E-state index in [1.54, 1.807) is 17.2 Å². The van der Waals surface area contributed by atoms with Gasteiger partial charge in [-0.2, -0.15) is 0 Å². The minimum atomic E-state index is -0.250.